The first kappa shape index (κ1) is 20.3. The van der Waals surface area contributed by atoms with Gasteiger partial charge in [-0.3, -0.25) is 4.98 Å². The number of carbonyl (C=O) groups is 1. The van der Waals surface area contributed by atoms with Crippen LogP contribution in [0, 0.1) is 5.92 Å². The number of amides is 1. The minimum absolute atomic E-state index is 0.170. The van der Waals surface area contributed by atoms with E-state index in [2.05, 4.69) is 42.3 Å². The third-order valence-electron chi connectivity index (χ3n) is 4.11. The Labute approximate surface area is 170 Å². The summed E-state index contributed by atoms with van der Waals surface area (Å²) in [5.74, 6) is 0.416. The third-order valence-corrected chi connectivity index (χ3v) is 5.26. The lowest BCUT2D eigenvalue weighted by Gasteiger charge is -2.23. The maximum atomic E-state index is 12.3. The Hall–Kier alpha value is -2.47. The molecule has 0 aliphatic rings. The van der Waals surface area contributed by atoms with Gasteiger partial charge in [-0.05, 0) is 68.5 Å². The van der Waals surface area contributed by atoms with E-state index >= 15 is 0 Å². The molecule has 0 fully saturated rings. The highest BCUT2D eigenvalue weighted by Gasteiger charge is 2.23. The van der Waals surface area contributed by atoms with Gasteiger partial charge >= 0.3 is 6.09 Å². The van der Waals surface area contributed by atoms with Crippen LogP contribution in [0.2, 0.25) is 0 Å². The van der Waals surface area contributed by atoms with Gasteiger partial charge in [-0.15, -0.1) is 11.3 Å². The average molecular weight is 398 g/mol. The Balaban J connectivity index is 1.88. The molecule has 5 nitrogen and oxygen atoms in total. The Morgan fingerprint density at radius 1 is 1.14 bits per heavy atom. The number of aromatic nitrogens is 2. The second-order valence-corrected chi connectivity index (χ2v) is 9.36. The van der Waals surface area contributed by atoms with Gasteiger partial charge in [-0.2, -0.15) is 0 Å². The van der Waals surface area contributed by atoms with Crippen molar-refractivity contribution >= 4 is 27.6 Å². The summed E-state index contributed by atoms with van der Waals surface area (Å²) in [6.45, 7) is 9.87. The minimum atomic E-state index is -0.528. The number of hydrogen-bond acceptors (Lipinski definition) is 5. The topological polar surface area (TPSA) is 64.1 Å². The van der Waals surface area contributed by atoms with Gasteiger partial charge in [0, 0.05) is 12.4 Å². The van der Waals surface area contributed by atoms with Crippen LogP contribution in [-0.4, -0.2) is 21.7 Å². The lowest BCUT2D eigenvalue weighted by atomic mass is 10.0. The zero-order valence-corrected chi connectivity index (χ0v) is 17.8. The molecule has 0 aliphatic carbocycles. The number of hydrogen-bond donors (Lipinski definition) is 1. The Morgan fingerprint density at radius 2 is 1.86 bits per heavy atom. The zero-order chi connectivity index (χ0) is 20.3. The molecule has 0 saturated carbocycles. The third kappa shape index (κ3) is 5.29. The Bertz CT molecular complexity index is 945. The molecule has 28 heavy (non-hydrogen) atoms. The van der Waals surface area contributed by atoms with E-state index in [0.717, 1.165) is 32.8 Å². The highest BCUT2D eigenvalue weighted by molar-refractivity contribution is 7.18. The number of fused-ring (bicyclic) bond motifs is 1. The van der Waals surface area contributed by atoms with Gasteiger partial charge in [0.15, 0.2) is 0 Å². The summed E-state index contributed by atoms with van der Waals surface area (Å²) < 4.78 is 6.55. The molecule has 1 amide bonds. The fourth-order valence-electron chi connectivity index (χ4n) is 2.96. The van der Waals surface area contributed by atoms with Crippen molar-refractivity contribution in [2.75, 3.05) is 0 Å². The SMILES string of the molecule is CC(C)CC(NC(=O)OC(C)(C)C)c1nc2cc(-c3ccncc3)ccc2s1. The van der Waals surface area contributed by atoms with Crippen LogP contribution >= 0.6 is 11.3 Å². The standard InChI is InChI=1S/C22H27N3O2S/c1-14(2)12-18(25-21(26)27-22(3,4)5)20-24-17-13-16(6-7-19(17)28-20)15-8-10-23-11-9-15/h6-11,13-14,18H,12H2,1-5H3,(H,25,26). The average Bonchev–Trinajstić information content (AvgIpc) is 3.03. The zero-order valence-electron chi connectivity index (χ0n) is 17.0. The van der Waals surface area contributed by atoms with E-state index in [1.54, 1.807) is 23.7 Å². The fraction of sp³-hybridized carbons (Fsp3) is 0.409. The van der Waals surface area contributed by atoms with Crippen molar-refractivity contribution in [3.63, 3.8) is 0 Å². The van der Waals surface area contributed by atoms with E-state index in [1.807, 2.05) is 32.9 Å². The second kappa shape index (κ2) is 8.27. The van der Waals surface area contributed by atoms with E-state index < -0.39 is 11.7 Å². The monoisotopic (exact) mass is 397 g/mol. The molecule has 148 valence electrons. The van der Waals surface area contributed by atoms with Crippen LogP contribution in [0.3, 0.4) is 0 Å². The molecule has 0 spiro atoms. The number of pyridine rings is 1. The van der Waals surface area contributed by atoms with Crippen LogP contribution in [-0.2, 0) is 4.74 Å². The maximum Gasteiger partial charge on any atom is 0.408 e. The van der Waals surface area contributed by atoms with Gasteiger partial charge in [0.2, 0.25) is 0 Å². The normalized spacial score (nSPS) is 12.9. The molecule has 0 aliphatic heterocycles. The molecule has 0 saturated heterocycles. The van der Waals surface area contributed by atoms with Crippen molar-refractivity contribution in [3.8, 4) is 11.1 Å². The smallest absolute Gasteiger partial charge is 0.408 e. The number of rotatable bonds is 5. The molecular weight excluding hydrogens is 370 g/mol. The number of nitrogens with one attached hydrogen (secondary N) is 1. The van der Waals surface area contributed by atoms with E-state index in [9.17, 15) is 4.79 Å². The molecule has 0 radical (unpaired) electrons. The summed E-state index contributed by atoms with van der Waals surface area (Å²) in [6.07, 6.45) is 3.97. The van der Waals surface area contributed by atoms with Crippen molar-refractivity contribution in [3.05, 3.63) is 47.7 Å². The molecule has 1 unspecified atom stereocenters. The first-order valence-corrected chi connectivity index (χ1v) is 10.3. The largest absolute Gasteiger partial charge is 0.444 e. The fourth-order valence-corrected chi connectivity index (χ4v) is 3.97. The van der Waals surface area contributed by atoms with Crippen molar-refractivity contribution in [1.29, 1.82) is 0 Å². The van der Waals surface area contributed by atoms with Gasteiger partial charge in [0.1, 0.15) is 10.6 Å². The van der Waals surface area contributed by atoms with Gasteiger partial charge < -0.3 is 10.1 Å². The Morgan fingerprint density at radius 3 is 2.50 bits per heavy atom. The molecule has 1 aromatic carbocycles. The van der Waals surface area contributed by atoms with E-state index in [1.165, 1.54) is 0 Å². The molecule has 0 bridgehead atoms. The quantitative estimate of drug-likeness (QED) is 0.576. The van der Waals surface area contributed by atoms with Gasteiger partial charge in [0.25, 0.3) is 0 Å². The first-order chi connectivity index (χ1) is 13.2. The highest BCUT2D eigenvalue weighted by Crippen LogP contribution is 2.32. The van der Waals surface area contributed by atoms with Gasteiger partial charge in [0.05, 0.1) is 16.3 Å². The number of benzene rings is 1. The van der Waals surface area contributed by atoms with Crippen LogP contribution < -0.4 is 5.32 Å². The summed E-state index contributed by atoms with van der Waals surface area (Å²) in [7, 11) is 0. The highest BCUT2D eigenvalue weighted by atomic mass is 32.1. The number of ether oxygens (including phenoxy) is 1. The van der Waals surface area contributed by atoms with Crippen LogP contribution in [0.15, 0.2) is 42.7 Å². The summed E-state index contributed by atoms with van der Waals surface area (Å²) in [6, 6.07) is 10.1. The van der Waals surface area contributed by atoms with Gasteiger partial charge in [-0.25, -0.2) is 9.78 Å². The maximum absolute atomic E-state index is 12.3. The molecule has 3 aromatic rings. The van der Waals surface area contributed by atoms with Crippen molar-refractivity contribution < 1.29 is 9.53 Å². The van der Waals surface area contributed by atoms with Crippen LogP contribution in [0.1, 0.15) is 52.1 Å². The molecule has 2 heterocycles. The van der Waals surface area contributed by atoms with Crippen molar-refractivity contribution in [1.82, 2.24) is 15.3 Å². The predicted molar refractivity (Wildman–Crippen MR) is 114 cm³/mol. The summed E-state index contributed by atoms with van der Waals surface area (Å²) >= 11 is 1.62. The summed E-state index contributed by atoms with van der Waals surface area (Å²) in [5, 5.41) is 3.91. The molecule has 3 rings (SSSR count). The second-order valence-electron chi connectivity index (χ2n) is 8.30. The number of nitrogens with zero attached hydrogens (tertiary/aromatic N) is 2. The minimum Gasteiger partial charge on any atom is -0.444 e. The molecule has 1 atom stereocenters. The molecule has 1 N–H and O–H groups in total. The predicted octanol–water partition coefficient (Wildman–Crippen LogP) is 5.97. The number of carbonyl (C=O) groups excluding carboxylic acids is 1. The van der Waals surface area contributed by atoms with Gasteiger partial charge in [-0.1, -0.05) is 19.9 Å². The first-order valence-electron chi connectivity index (χ1n) is 9.51. The summed E-state index contributed by atoms with van der Waals surface area (Å²) in [4.78, 5) is 21.2. The van der Waals surface area contributed by atoms with E-state index in [-0.39, 0.29) is 6.04 Å². The Kier molecular flexibility index (Phi) is 5.98. The van der Waals surface area contributed by atoms with Crippen LogP contribution in [0.5, 0.6) is 0 Å². The van der Waals surface area contributed by atoms with Crippen molar-refractivity contribution in [2.45, 2.75) is 52.7 Å². The van der Waals surface area contributed by atoms with E-state index in [4.69, 9.17) is 9.72 Å². The molecular formula is C22H27N3O2S. The van der Waals surface area contributed by atoms with Crippen molar-refractivity contribution in [2.24, 2.45) is 5.92 Å². The lowest BCUT2D eigenvalue weighted by molar-refractivity contribution is 0.0498. The van der Waals surface area contributed by atoms with E-state index in [0.29, 0.717) is 5.92 Å². The lowest BCUT2D eigenvalue weighted by Crippen LogP contribution is -2.35. The van der Waals surface area contributed by atoms with Crippen LogP contribution in [0.25, 0.3) is 21.3 Å². The number of thiazole rings is 1. The van der Waals surface area contributed by atoms with Crippen LogP contribution in [0.4, 0.5) is 4.79 Å². The summed E-state index contributed by atoms with van der Waals surface area (Å²) in [5.41, 5.74) is 2.62. The molecule has 6 heteroatoms. The molecule has 2 aromatic heterocycles. The number of alkyl carbamates (subject to hydrolysis) is 1.